The molecule has 1 aliphatic rings. The van der Waals surface area contributed by atoms with Gasteiger partial charge >= 0.3 is 0 Å². The standard InChI is InChI=1S/C23H29IN6O2Si/c1-33(2,3)13-12-32-22(24)21-18(15-26-29-21)19-9-10-25-23(28-19)27-16-6-4-7-17(14-16)30-11-5-8-20(30)31/h4,6-7,9-10,14-15,22H,5,8,11-13H2,1-3H3,(H,26,29)(H,25,27,28). The molecule has 1 atom stereocenters. The molecule has 1 saturated heterocycles. The number of halogens is 1. The van der Waals surface area contributed by atoms with Crippen LogP contribution in [0.15, 0.2) is 42.7 Å². The van der Waals surface area contributed by atoms with Crippen LogP contribution >= 0.6 is 22.6 Å². The molecule has 1 aliphatic heterocycles. The molecule has 0 radical (unpaired) electrons. The highest BCUT2D eigenvalue weighted by Gasteiger charge is 2.22. The molecule has 1 aromatic carbocycles. The molecule has 0 saturated carbocycles. The van der Waals surface area contributed by atoms with Gasteiger partial charge in [-0.05, 0) is 59.3 Å². The number of alkyl halides is 1. The highest BCUT2D eigenvalue weighted by molar-refractivity contribution is 14.1. The van der Waals surface area contributed by atoms with E-state index in [-0.39, 0.29) is 10.0 Å². The van der Waals surface area contributed by atoms with Gasteiger partial charge in [-0.25, -0.2) is 9.97 Å². The minimum atomic E-state index is -1.15. The number of anilines is 3. The number of hydrogen-bond acceptors (Lipinski definition) is 6. The minimum absolute atomic E-state index is 0.141. The first kappa shape index (κ1) is 23.8. The Labute approximate surface area is 208 Å². The largest absolute Gasteiger partial charge is 0.362 e. The lowest BCUT2D eigenvalue weighted by atomic mass is 10.2. The molecule has 10 heteroatoms. The smallest absolute Gasteiger partial charge is 0.227 e. The van der Waals surface area contributed by atoms with Crippen molar-refractivity contribution in [1.82, 2.24) is 20.2 Å². The first-order valence-electron chi connectivity index (χ1n) is 11.1. The lowest BCUT2D eigenvalue weighted by Gasteiger charge is -2.18. The maximum absolute atomic E-state index is 12.1. The van der Waals surface area contributed by atoms with Crippen molar-refractivity contribution in [2.75, 3.05) is 23.4 Å². The Morgan fingerprint density at radius 1 is 1.30 bits per heavy atom. The van der Waals surface area contributed by atoms with Crippen molar-refractivity contribution >= 4 is 53.9 Å². The molecule has 33 heavy (non-hydrogen) atoms. The fourth-order valence-corrected chi connectivity index (χ4v) is 5.06. The number of nitrogens with zero attached hydrogens (tertiary/aromatic N) is 4. The van der Waals surface area contributed by atoms with Crippen molar-refractivity contribution in [3.05, 3.63) is 48.4 Å². The summed E-state index contributed by atoms with van der Waals surface area (Å²) in [7, 11) is -1.15. The zero-order valence-corrected chi connectivity index (χ0v) is 22.3. The van der Waals surface area contributed by atoms with E-state index < -0.39 is 8.07 Å². The number of benzene rings is 1. The molecule has 1 unspecified atom stereocenters. The Hall–Kier alpha value is -2.31. The van der Waals surface area contributed by atoms with E-state index in [2.05, 4.69) is 62.7 Å². The SMILES string of the molecule is C[Si](C)(C)CCOC(I)c1[nH]ncc1-c1ccnc(Nc2cccc(N3CCCC3=O)c2)n1. The quantitative estimate of drug-likeness (QED) is 0.198. The summed E-state index contributed by atoms with van der Waals surface area (Å²) >= 11 is 2.29. The average Bonchev–Trinajstić information content (AvgIpc) is 3.42. The van der Waals surface area contributed by atoms with E-state index in [4.69, 9.17) is 9.72 Å². The van der Waals surface area contributed by atoms with Crippen LogP contribution in [0.3, 0.4) is 0 Å². The molecule has 0 bridgehead atoms. The molecular formula is C23H29IN6O2Si. The van der Waals surface area contributed by atoms with Crippen molar-refractivity contribution < 1.29 is 9.53 Å². The summed E-state index contributed by atoms with van der Waals surface area (Å²) in [5, 5.41) is 10.6. The van der Waals surface area contributed by atoms with Crippen LogP contribution < -0.4 is 10.2 Å². The molecule has 0 aliphatic carbocycles. The summed E-state index contributed by atoms with van der Waals surface area (Å²) in [4.78, 5) is 23.0. The van der Waals surface area contributed by atoms with Gasteiger partial charge in [0.25, 0.3) is 0 Å². The number of ether oxygens (including phenoxy) is 1. The Balaban J connectivity index is 1.48. The van der Waals surface area contributed by atoms with Crippen molar-refractivity contribution in [2.45, 2.75) is 42.6 Å². The first-order chi connectivity index (χ1) is 15.8. The third-order valence-corrected chi connectivity index (χ3v) is 8.12. The maximum atomic E-state index is 12.1. The zero-order valence-electron chi connectivity index (χ0n) is 19.1. The molecule has 3 heterocycles. The zero-order chi connectivity index (χ0) is 23.4. The van der Waals surface area contributed by atoms with E-state index in [1.807, 2.05) is 35.2 Å². The van der Waals surface area contributed by atoms with Gasteiger partial charge in [-0.2, -0.15) is 5.10 Å². The summed E-state index contributed by atoms with van der Waals surface area (Å²) in [5.41, 5.74) is 4.27. The Morgan fingerprint density at radius 2 is 2.15 bits per heavy atom. The molecule has 2 aromatic heterocycles. The normalized spacial score (nSPS) is 15.2. The number of nitrogens with one attached hydrogen (secondary N) is 2. The minimum Gasteiger partial charge on any atom is -0.362 e. The molecular weight excluding hydrogens is 547 g/mol. The van der Waals surface area contributed by atoms with Crippen molar-refractivity contribution in [3.63, 3.8) is 0 Å². The highest BCUT2D eigenvalue weighted by atomic mass is 127. The fourth-order valence-electron chi connectivity index (χ4n) is 3.60. The topological polar surface area (TPSA) is 96.0 Å². The number of carbonyl (C=O) groups is 1. The van der Waals surface area contributed by atoms with E-state index in [0.717, 1.165) is 53.9 Å². The lowest BCUT2D eigenvalue weighted by Crippen LogP contribution is -2.23. The number of amides is 1. The summed E-state index contributed by atoms with van der Waals surface area (Å²) in [6, 6.07) is 10.8. The predicted molar refractivity (Wildman–Crippen MR) is 142 cm³/mol. The molecule has 8 nitrogen and oxygen atoms in total. The predicted octanol–water partition coefficient (Wildman–Crippen LogP) is 5.53. The van der Waals surface area contributed by atoms with Crippen molar-refractivity contribution in [2.24, 2.45) is 0 Å². The van der Waals surface area contributed by atoms with Crippen molar-refractivity contribution in [1.29, 1.82) is 0 Å². The summed E-state index contributed by atoms with van der Waals surface area (Å²) in [6.07, 6.45) is 5.00. The van der Waals surface area contributed by atoms with E-state index in [1.54, 1.807) is 12.4 Å². The summed E-state index contributed by atoms with van der Waals surface area (Å²) < 4.78 is 5.94. The Bertz CT molecular complexity index is 1120. The van der Waals surface area contributed by atoms with Gasteiger partial charge in [0.05, 0.1) is 17.6 Å². The van der Waals surface area contributed by atoms with Crippen molar-refractivity contribution in [3.8, 4) is 11.3 Å². The lowest BCUT2D eigenvalue weighted by molar-refractivity contribution is -0.117. The molecule has 3 aromatic rings. The van der Waals surface area contributed by atoms with E-state index in [9.17, 15) is 4.79 Å². The van der Waals surface area contributed by atoms with E-state index in [1.165, 1.54) is 0 Å². The molecule has 4 rings (SSSR count). The van der Waals surface area contributed by atoms with Gasteiger partial charge in [-0.1, -0.05) is 25.7 Å². The van der Waals surface area contributed by atoms with Crippen LogP contribution in [0.1, 0.15) is 22.6 Å². The molecule has 174 valence electrons. The molecule has 1 amide bonds. The Kier molecular flexibility index (Phi) is 7.44. The second-order valence-corrected chi connectivity index (χ2v) is 16.0. The summed E-state index contributed by atoms with van der Waals surface area (Å²) in [6.45, 7) is 8.51. The first-order valence-corrected chi connectivity index (χ1v) is 16.1. The number of aromatic nitrogens is 4. The molecule has 2 N–H and O–H groups in total. The van der Waals surface area contributed by atoms with Crippen LogP contribution in [-0.4, -0.2) is 47.3 Å². The Morgan fingerprint density at radius 3 is 2.91 bits per heavy atom. The number of rotatable bonds is 9. The third kappa shape index (κ3) is 6.18. The molecule has 0 spiro atoms. The van der Waals surface area contributed by atoms with Gasteiger partial charge in [0.1, 0.15) is 0 Å². The second kappa shape index (κ2) is 10.3. The van der Waals surface area contributed by atoms with Crippen LogP contribution in [0, 0.1) is 0 Å². The second-order valence-electron chi connectivity index (χ2n) is 9.28. The number of hydrogen-bond donors (Lipinski definition) is 2. The number of aromatic amines is 1. The van der Waals surface area contributed by atoms with Gasteiger partial charge in [-0.15, -0.1) is 0 Å². The van der Waals surface area contributed by atoms with Gasteiger partial charge in [-0.3, -0.25) is 9.89 Å². The number of carbonyl (C=O) groups excluding carboxylic acids is 1. The van der Waals surface area contributed by atoms with Gasteiger partial charge < -0.3 is 15.0 Å². The van der Waals surface area contributed by atoms with Gasteiger partial charge in [0, 0.05) is 50.8 Å². The van der Waals surface area contributed by atoms with E-state index in [0.29, 0.717) is 12.4 Å². The highest BCUT2D eigenvalue weighted by Crippen LogP contribution is 2.32. The van der Waals surface area contributed by atoms with Crippen LogP contribution in [-0.2, 0) is 9.53 Å². The number of H-pyrrole nitrogens is 1. The van der Waals surface area contributed by atoms with E-state index >= 15 is 0 Å². The maximum Gasteiger partial charge on any atom is 0.227 e. The third-order valence-electron chi connectivity index (χ3n) is 5.43. The summed E-state index contributed by atoms with van der Waals surface area (Å²) in [5.74, 6) is 0.646. The van der Waals surface area contributed by atoms with Crippen LogP contribution in [0.2, 0.25) is 25.7 Å². The van der Waals surface area contributed by atoms with Gasteiger partial charge in [0.15, 0.2) is 4.11 Å². The van der Waals surface area contributed by atoms with Crippen LogP contribution in [0.4, 0.5) is 17.3 Å². The van der Waals surface area contributed by atoms with Crippen LogP contribution in [0.25, 0.3) is 11.3 Å². The van der Waals surface area contributed by atoms with Gasteiger partial charge in [0.2, 0.25) is 11.9 Å². The van der Waals surface area contributed by atoms with Crippen LogP contribution in [0.5, 0.6) is 0 Å². The monoisotopic (exact) mass is 576 g/mol. The average molecular weight is 577 g/mol. The fraction of sp³-hybridized carbons (Fsp3) is 0.391. The molecule has 1 fully saturated rings.